The number of hydrogen-bond donors (Lipinski definition) is 1. The van der Waals surface area contributed by atoms with E-state index in [0.717, 1.165) is 33.2 Å². The molecule has 2 heteroatoms. The summed E-state index contributed by atoms with van der Waals surface area (Å²) < 4.78 is 0. The second kappa shape index (κ2) is 4.91. The van der Waals surface area contributed by atoms with Crippen molar-refractivity contribution in [2.24, 2.45) is 0 Å². The van der Waals surface area contributed by atoms with E-state index in [9.17, 15) is 0 Å². The van der Waals surface area contributed by atoms with Crippen molar-refractivity contribution in [1.82, 2.24) is 4.98 Å². The van der Waals surface area contributed by atoms with Gasteiger partial charge in [0, 0.05) is 16.5 Å². The summed E-state index contributed by atoms with van der Waals surface area (Å²) in [6.45, 7) is 0. The molecule has 99 valence electrons. The van der Waals surface area contributed by atoms with E-state index in [2.05, 4.69) is 23.5 Å². The molecule has 0 unspecified atom stereocenters. The zero-order valence-electron chi connectivity index (χ0n) is 11.4. The molecule has 1 heterocycles. The van der Waals surface area contributed by atoms with Crippen molar-refractivity contribution in [2.45, 2.75) is 0 Å². The van der Waals surface area contributed by atoms with Crippen LogP contribution in [0.3, 0.4) is 0 Å². The van der Waals surface area contributed by atoms with Crippen LogP contribution in [-0.2, 0) is 0 Å². The fraction of sp³-hybridized carbons (Fsp3) is 0. The number of benzene rings is 3. The summed E-state index contributed by atoms with van der Waals surface area (Å²) in [4.78, 5) is 4.73. The fourth-order valence-electron chi connectivity index (χ4n) is 2.59. The first-order valence-corrected chi connectivity index (χ1v) is 6.92. The molecule has 0 aliphatic carbocycles. The van der Waals surface area contributed by atoms with Crippen LogP contribution in [-0.4, -0.2) is 4.98 Å². The van der Waals surface area contributed by atoms with Crippen molar-refractivity contribution in [3.63, 3.8) is 0 Å². The minimum Gasteiger partial charge on any atom is -0.354 e. The van der Waals surface area contributed by atoms with Gasteiger partial charge in [-0.2, -0.15) is 0 Å². The molecule has 0 bridgehead atoms. The summed E-state index contributed by atoms with van der Waals surface area (Å²) in [5.74, 6) is 0. The third-order valence-electron chi connectivity index (χ3n) is 3.56. The second-order valence-electron chi connectivity index (χ2n) is 4.94. The van der Waals surface area contributed by atoms with Gasteiger partial charge in [0.05, 0.1) is 16.7 Å². The predicted octanol–water partition coefficient (Wildman–Crippen LogP) is 4.93. The van der Waals surface area contributed by atoms with Gasteiger partial charge < -0.3 is 5.32 Å². The Kier molecular flexibility index (Phi) is 2.79. The van der Waals surface area contributed by atoms with Crippen LogP contribution in [0.15, 0.2) is 72.8 Å². The number of aromatic nitrogens is 1. The second-order valence-corrected chi connectivity index (χ2v) is 4.94. The minimum absolute atomic E-state index is 0.999. The Hall–Kier alpha value is -2.87. The lowest BCUT2D eigenvalue weighted by Gasteiger charge is -2.13. The Morgan fingerprint density at radius 2 is 1.43 bits per heavy atom. The highest BCUT2D eigenvalue weighted by Gasteiger charge is 2.08. The molecule has 3 aromatic carbocycles. The van der Waals surface area contributed by atoms with Crippen molar-refractivity contribution < 1.29 is 0 Å². The first kappa shape index (κ1) is 11.9. The monoisotopic (exact) mass is 269 g/mol. The minimum atomic E-state index is 0.999. The average molecular weight is 269 g/mol. The highest BCUT2D eigenvalue weighted by atomic mass is 14.9. The molecule has 1 radical (unpaired) electrons. The average Bonchev–Trinajstić information content (AvgIpc) is 2.55. The third kappa shape index (κ3) is 2.11. The molecule has 4 rings (SSSR count). The molecule has 0 atom stereocenters. The molecule has 0 saturated heterocycles. The molecule has 0 aliphatic rings. The number of fused-ring (bicyclic) bond motifs is 2. The molecule has 1 aromatic heterocycles. The van der Waals surface area contributed by atoms with Gasteiger partial charge in [-0.1, -0.05) is 48.5 Å². The van der Waals surface area contributed by atoms with Crippen LogP contribution in [0.1, 0.15) is 0 Å². The van der Waals surface area contributed by atoms with Crippen molar-refractivity contribution in [1.29, 1.82) is 0 Å². The standard InChI is InChI=1S/C19H13N2/c1-2-8-14(9-3-1)20-19-15-10-4-6-12-17(15)21-18-13-7-5-11-16(18)19/h1-2,4-13H,(H,20,21). The van der Waals surface area contributed by atoms with Crippen LogP contribution in [0.2, 0.25) is 0 Å². The Morgan fingerprint density at radius 3 is 2.05 bits per heavy atom. The summed E-state index contributed by atoms with van der Waals surface area (Å²) in [5.41, 5.74) is 4.12. The van der Waals surface area contributed by atoms with Crippen molar-refractivity contribution in [3.8, 4) is 0 Å². The Morgan fingerprint density at radius 1 is 0.762 bits per heavy atom. The van der Waals surface area contributed by atoms with Gasteiger partial charge in [0.1, 0.15) is 0 Å². The molecule has 4 aromatic rings. The highest BCUT2D eigenvalue weighted by Crippen LogP contribution is 2.32. The van der Waals surface area contributed by atoms with E-state index in [1.54, 1.807) is 0 Å². The van der Waals surface area contributed by atoms with Crippen LogP contribution in [0.4, 0.5) is 11.4 Å². The maximum absolute atomic E-state index is 4.73. The number of nitrogens with zero attached hydrogens (tertiary/aromatic N) is 1. The quantitative estimate of drug-likeness (QED) is 0.522. The normalized spacial score (nSPS) is 10.9. The van der Waals surface area contributed by atoms with Crippen molar-refractivity contribution in [2.75, 3.05) is 5.32 Å². The third-order valence-corrected chi connectivity index (χ3v) is 3.56. The largest absolute Gasteiger partial charge is 0.354 e. The molecular weight excluding hydrogens is 256 g/mol. The van der Waals surface area contributed by atoms with Gasteiger partial charge in [-0.15, -0.1) is 0 Å². The lowest BCUT2D eigenvalue weighted by Crippen LogP contribution is -1.94. The first-order chi connectivity index (χ1) is 10.4. The van der Waals surface area contributed by atoms with E-state index in [1.165, 1.54) is 0 Å². The van der Waals surface area contributed by atoms with Crippen LogP contribution in [0, 0.1) is 6.07 Å². The van der Waals surface area contributed by atoms with Gasteiger partial charge in [0.25, 0.3) is 0 Å². The van der Waals surface area contributed by atoms with E-state index in [0.29, 0.717) is 0 Å². The summed E-state index contributed by atoms with van der Waals surface area (Å²) in [6, 6.07) is 27.4. The van der Waals surface area contributed by atoms with E-state index in [1.807, 2.05) is 60.7 Å². The van der Waals surface area contributed by atoms with Gasteiger partial charge in [-0.25, -0.2) is 4.98 Å². The van der Waals surface area contributed by atoms with E-state index >= 15 is 0 Å². The van der Waals surface area contributed by atoms with E-state index in [4.69, 9.17) is 4.98 Å². The molecule has 0 aliphatic heterocycles. The lowest BCUT2D eigenvalue weighted by atomic mass is 10.1. The fourth-order valence-corrected chi connectivity index (χ4v) is 2.59. The van der Waals surface area contributed by atoms with Gasteiger partial charge in [-0.3, -0.25) is 0 Å². The maximum atomic E-state index is 4.73. The summed E-state index contributed by atoms with van der Waals surface area (Å²) in [5, 5.41) is 5.77. The van der Waals surface area contributed by atoms with Crippen LogP contribution in [0.5, 0.6) is 0 Å². The molecule has 0 spiro atoms. The first-order valence-electron chi connectivity index (χ1n) is 6.92. The molecule has 2 nitrogen and oxygen atoms in total. The Balaban J connectivity index is 2.02. The Labute approximate surface area is 123 Å². The highest BCUT2D eigenvalue weighted by molar-refractivity contribution is 6.08. The van der Waals surface area contributed by atoms with Crippen LogP contribution in [0.25, 0.3) is 21.8 Å². The number of hydrogen-bond acceptors (Lipinski definition) is 2. The molecular formula is C19H13N2. The summed E-state index contributed by atoms with van der Waals surface area (Å²) in [7, 11) is 0. The lowest BCUT2D eigenvalue weighted by molar-refractivity contribution is 1.48. The number of anilines is 2. The van der Waals surface area contributed by atoms with Crippen molar-refractivity contribution >= 4 is 33.2 Å². The zero-order valence-corrected chi connectivity index (χ0v) is 11.4. The molecule has 0 fully saturated rings. The number of rotatable bonds is 2. The molecule has 1 N–H and O–H groups in total. The maximum Gasteiger partial charge on any atom is 0.0730 e. The zero-order chi connectivity index (χ0) is 14.1. The number of para-hydroxylation sites is 2. The Bertz CT molecular complexity index is 860. The van der Waals surface area contributed by atoms with Gasteiger partial charge >= 0.3 is 0 Å². The van der Waals surface area contributed by atoms with E-state index in [-0.39, 0.29) is 0 Å². The topological polar surface area (TPSA) is 24.9 Å². The summed E-state index contributed by atoms with van der Waals surface area (Å²) >= 11 is 0. The van der Waals surface area contributed by atoms with E-state index < -0.39 is 0 Å². The molecule has 21 heavy (non-hydrogen) atoms. The number of pyridine rings is 1. The predicted molar refractivity (Wildman–Crippen MR) is 87.8 cm³/mol. The van der Waals surface area contributed by atoms with Crippen LogP contribution >= 0.6 is 0 Å². The van der Waals surface area contributed by atoms with Crippen molar-refractivity contribution in [3.05, 3.63) is 78.9 Å². The van der Waals surface area contributed by atoms with Gasteiger partial charge in [-0.05, 0) is 30.3 Å². The SMILES string of the molecule is [c]1cccc(Nc2c3ccccc3nc3ccccc23)c1. The molecule has 0 saturated carbocycles. The van der Waals surface area contributed by atoms with Gasteiger partial charge in [0.2, 0.25) is 0 Å². The van der Waals surface area contributed by atoms with Crippen LogP contribution < -0.4 is 5.32 Å². The smallest absolute Gasteiger partial charge is 0.0730 e. The van der Waals surface area contributed by atoms with Gasteiger partial charge in [0.15, 0.2) is 0 Å². The molecule has 0 amide bonds. The number of nitrogens with one attached hydrogen (secondary N) is 1. The summed E-state index contributed by atoms with van der Waals surface area (Å²) in [6.07, 6.45) is 0.